The summed E-state index contributed by atoms with van der Waals surface area (Å²) in [5, 5.41) is 5.23. The Labute approximate surface area is 118 Å². The summed E-state index contributed by atoms with van der Waals surface area (Å²) in [6, 6.07) is 14.0. The summed E-state index contributed by atoms with van der Waals surface area (Å²) in [6.45, 7) is 2.57. The van der Waals surface area contributed by atoms with E-state index in [0.29, 0.717) is 5.92 Å². The van der Waals surface area contributed by atoms with Crippen LogP contribution in [0.25, 0.3) is 10.8 Å². The molecular formula is C17H19NO2. The molecule has 2 aromatic rings. The van der Waals surface area contributed by atoms with Gasteiger partial charge in [-0.1, -0.05) is 30.3 Å². The predicted molar refractivity (Wildman–Crippen MR) is 79.8 cm³/mol. The van der Waals surface area contributed by atoms with Gasteiger partial charge in [0.05, 0.1) is 0 Å². The number of rotatable bonds is 5. The van der Waals surface area contributed by atoms with E-state index in [1.807, 2.05) is 36.4 Å². The third-order valence-corrected chi connectivity index (χ3v) is 3.66. The minimum Gasteiger partial charge on any atom is -0.481 e. The van der Waals surface area contributed by atoms with E-state index < -0.39 is 6.10 Å². The highest BCUT2D eigenvalue weighted by Gasteiger charge is 2.23. The zero-order chi connectivity index (χ0) is 13.9. The maximum absolute atomic E-state index is 11.9. The van der Waals surface area contributed by atoms with Gasteiger partial charge < -0.3 is 10.1 Å². The first-order chi connectivity index (χ1) is 9.72. The quantitative estimate of drug-likeness (QED) is 0.905. The van der Waals surface area contributed by atoms with Crippen molar-refractivity contribution in [3.8, 4) is 5.75 Å². The molecule has 1 N–H and O–H groups in total. The van der Waals surface area contributed by atoms with Crippen molar-refractivity contribution in [2.24, 2.45) is 5.92 Å². The van der Waals surface area contributed by atoms with Crippen LogP contribution >= 0.6 is 0 Å². The van der Waals surface area contributed by atoms with Crippen molar-refractivity contribution in [3.05, 3.63) is 42.5 Å². The van der Waals surface area contributed by atoms with E-state index >= 15 is 0 Å². The summed E-state index contributed by atoms with van der Waals surface area (Å²) in [5.41, 5.74) is 0. The van der Waals surface area contributed by atoms with Crippen molar-refractivity contribution < 1.29 is 9.53 Å². The third-order valence-electron chi connectivity index (χ3n) is 3.66. The van der Waals surface area contributed by atoms with Crippen LogP contribution in [0.4, 0.5) is 0 Å². The summed E-state index contributed by atoms with van der Waals surface area (Å²) in [4.78, 5) is 11.9. The molecule has 1 aliphatic rings. The fraction of sp³-hybridized carbons (Fsp3) is 0.353. The van der Waals surface area contributed by atoms with Gasteiger partial charge in [-0.15, -0.1) is 0 Å². The van der Waals surface area contributed by atoms with E-state index in [2.05, 4.69) is 11.4 Å². The van der Waals surface area contributed by atoms with Crippen molar-refractivity contribution in [3.63, 3.8) is 0 Å². The van der Waals surface area contributed by atoms with Crippen LogP contribution in [0.15, 0.2) is 42.5 Å². The molecule has 1 aliphatic carbocycles. The Morgan fingerprint density at radius 3 is 2.75 bits per heavy atom. The van der Waals surface area contributed by atoms with Crippen LogP contribution in [0, 0.1) is 5.92 Å². The van der Waals surface area contributed by atoms with E-state index in [1.54, 1.807) is 6.92 Å². The van der Waals surface area contributed by atoms with E-state index in [1.165, 1.54) is 18.2 Å². The second-order valence-electron chi connectivity index (χ2n) is 5.46. The summed E-state index contributed by atoms with van der Waals surface area (Å²) in [5.74, 6) is 1.38. The summed E-state index contributed by atoms with van der Waals surface area (Å²) >= 11 is 0. The van der Waals surface area contributed by atoms with E-state index in [0.717, 1.165) is 17.7 Å². The molecule has 1 saturated carbocycles. The van der Waals surface area contributed by atoms with Gasteiger partial charge in [-0.25, -0.2) is 0 Å². The highest BCUT2D eigenvalue weighted by Crippen LogP contribution is 2.27. The van der Waals surface area contributed by atoms with Gasteiger partial charge in [0.2, 0.25) is 0 Å². The minimum atomic E-state index is -0.463. The second kappa shape index (κ2) is 5.53. The van der Waals surface area contributed by atoms with Gasteiger partial charge in [-0.3, -0.25) is 4.79 Å². The molecule has 2 aromatic carbocycles. The smallest absolute Gasteiger partial charge is 0.260 e. The number of amides is 1. The van der Waals surface area contributed by atoms with Gasteiger partial charge in [0.15, 0.2) is 6.10 Å². The average molecular weight is 269 g/mol. The predicted octanol–water partition coefficient (Wildman–Crippen LogP) is 3.13. The van der Waals surface area contributed by atoms with Crippen molar-refractivity contribution in [1.82, 2.24) is 5.32 Å². The van der Waals surface area contributed by atoms with Crippen LogP contribution in [0.1, 0.15) is 19.8 Å². The zero-order valence-electron chi connectivity index (χ0n) is 11.6. The second-order valence-corrected chi connectivity index (χ2v) is 5.46. The van der Waals surface area contributed by atoms with Gasteiger partial charge in [0.1, 0.15) is 5.75 Å². The molecule has 0 radical (unpaired) electrons. The first kappa shape index (κ1) is 13.0. The molecule has 1 amide bonds. The Balaban J connectivity index is 1.63. The fourth-order valence-electron chi connectivity index (χ4n) is 2.21. The molecule has 0 spiro atoms. The summed E-state index contributed by atoms with van der Waals surface area (Å²) < 4.78 is 5.72. The molecule has 3 heteroatoms. The number of hydrogen-bond acceptors (Lipinski definition) is 2. The minimum absolute atomic E-state index is 0.0370. The number of fused-ring (bicyclic) bond motifs is 1. The molecule has 1 unspecified atom stereocenters. The highest BCUT2D eigenvalue weighted by atomic mass is 16.5. The van der Waals surface area contributed by atoms with Gasteiger partial charge in [-0.05, 0) is 48.6 Å². The molecule has 1 fully saturated rings. The number of ether oxygens (including phenoxy) is 1. The largest absolute Gasteiger partial charge is 0.481 e. The lowest BCUT2D eigenvalue weighted by atomic mass is 10.1. The van der Waals surface area contributed by atoms with Crippen molar-refractivity contribution in [1.29, 1.82) is 0 Å². The Morgan fingerprint density at radius 2 is 2.00 bits per heavy atom. The number of benzene rings is 2. The van der Waals surface area contributed by atoms with E-state index in [9.17, 15) is 4.79 Å². The molecule has 0 aliphatic heterocycles. The lowest BCUT2D eigenvalue weighted by Crippen LogP contribution is -2.37. The molecule has 104 valence electrons. The van der Waals surface area contributed by atoms with Crippen LogP contribution < -0.4 is 10.1 Å². The van der Waals surface area contributed by atoms with Crippen molar-refractivity contribution >= 4 is 16.7 Å². The van der Waals surface area contributed by atoms with Crippen LogP contribution in [0.2, 0.25) is 0 Å². The molecule has 3 rings (SSSR count). The Bertz CT molecular complexity index is 619. The molecule has 1 atom stereocenters. The fourth-order valence-corrected chi connectivity index (χ4v) is 2.21. The number of carbonyl (C=O) groups excluding carboxylic acids is 1. The maximum Gasteiger partial charge on any atom is 0.260 e. The Hall–Kier alpha value is -2.03. The lowest BCUT2D eigenvalue weighted by Gasteiger charge is -2.15. The summed E-state index contributed by atoms with van der Waals surface area (Å²) in [6.07, 6.45) is 2.01. The molecule has 0 aromatic heterocycles. The van der Waals surface area contributed by atoms with Crippen LogP contribution in [0.5, 0.6) is 5.75 Å². The Kier molecular flexibility index (Phi) is 3.59. The molecule has 0 bridgehead atoms. The van der Waals surface area contributed by atoms with Gasteiger partial charge in [0, 0.05) is 6.54 Å². The van der Waals surface area contributed by atoms with Gasteiger partial charge in [-0.2, -0.15) is 0 Å². The SMILES string of the molecule is CC(Oc1ccc2ccccc2c1)C(=O)NCC1CC1. The molecule has 3 nitrogen and oxygen atoms in total. The van der Waals surface area contributed by atoms with Gasteiger partial charge in [0.25, 0.3) is 5.91 Å². The van der Waals surface area contributed by atoms with Crippen LogP contribution in [-0.4, -0.2) is 18.6 Å². The zero-order valence-corrected chi connectivity index (χ0v) is 11.6. The lowest BCUT2D eigenvalue weighted by molar-refractivity contribution is -0.127. The number of carbonyl (C=O) groups is 1. The standard InChI is InChI=1S/C17H19NO2/c1-12(17(19)18-11-13-6-7-13)20-16-9-8-14-4-2-3-5-15(14)10-16/h2-5,8-10,12-13H,6-7,11H2,1H3,(H,18,19). The molecule has 0 saturated heterocycles. The van der Waals surface area contributed by atoms with Gasteiger partial charge >= 0.3 is 0 Å². The Morgan fingerprint density at radius 1 is 1.25 bits per heavy atom. The normalized spacial score (nSPS) is 15.8. The third kappa shape index (κ3) is 3.10. The first-order valence-corrected chi connectivity index (χ1v) is 7.15. The van der Waals surface area contributed by atoms with Crippen LogP contribution in [-0.2, 0) is 4.79 Å². The first-order valence-electron chi connectivity index (χ1n) is 7.15. The average Bonchev–Trinajstić information content (AvgIpc) is 3.28. The highest BCUT2D eigenvalue weighted by molar-refractivity contribution is 5.84. The molecular weight excluding hydrogens is 250 g/mol. The summed E-state index contributed by atoms with van der Waals surface area (Å²) in [7, 11) is 0. The van der Waals surface area contributed by atoms with Crippen molar-refractivity contribution in [2.75, 3.05) is 6.54 Å². The number of hydrogen-bond donors (Lipinski definition) is 1. The van der Waals surface area contributed by atoms with E-state index in [-0.39, 0.29) is 5.91 Å². The van der Waals surface area contributed by atoms with Crippen LogP contribution in [0.3, 0.4) is 0 Å². The maximum atomic E-state index is 11.9. The molecule has 0 heterocycles. The number of nitrogens with one attached hydrogen (secondary N) is 1. The topological polar surface area (TPSA) is 38.3 Å². The van der Waals surface area contributed by atoms with E-state index in [4.69, 9.17) is 4.74 Å². The monoisotopic (exact) mass is 269 g/mol. The molecule has 20 heavy (non-hydrogen) atoms. The van der Waals surface area contributed by atoms with Crippen molar-refractivity contribution in [2.45, 2.75) is 25.9 Å².